The van der Waals surface area contributed by atoms with Crippen LogP contribution in [0, 0.1) is 6.92 Å². The first-order valence-electron chi connectivity index (χ1n) is 15.0. The third-order valence-electron chi connectivity index (χ3n) is 8.34. The van der Waals surface area contributed by atoms with E-state index >= 15 is 0 Å². The molecule has 3 atom stereocenters. The van der Waals surface area contributed by atoms with Gasteiger partial charge in [0, 0.05) is 23.7 Å². The average molecular weight is 619 g/mol. The number of aromatic nitrogens is 2. The number of carbonyl (C=O) groups is 1. The van der Waals surface area contributed by atoms with Gasteiger partial charge >= 0.3 is 5.69 Å². The van der Waals surface area contributed by atoms with Gasteiger partial charge in [-0.3, -0.25) is 14.2 Å². The van der Waals surface area contributed by atoms with E-state index in [0.29, 0.717) is 10.3 Å². The Hall–Kier alpha value is -5.09. The lowest BCUT2D eigenvalue weighted by Crippen LogP contribution is -2.45. The van der Waals surface area contributed by atoms with Gasteiger partial charge in [0.2, 0.25) is 0 Å². The molecule has 2 heterocycles. The summed E-state index contributed by atoms with van der Waals surface area (Å²) in [4.78, 5) is 40.0. The lowest BCUT2D eigenvalue weighted by molar-refractivity contribution is -0.0945. The number of aliphatic hydroxyl groups excluding tert-OH is 1. The van der Waals surface area contributed by atoms with E-state index in [1.165, 1.54) is 36.9 Å². The number of hydrogen-bond donors (Lipinski definition) is 1. The first kappa shape index (κ1) is 30.9. The Balaban J connectivity index is 1.32. The summed E-state index contributed by atoms with van der Waals surface area (Å²) in [5.41, 5.74) is 0.398. The highest BCUT2D eigenvalue weighted by Crippen LogP contribution is 2.41. The number of carbonyl (C=O) groups excluding carboxylic acids is 1. The van der Waals surface area contributed by atoms with Crippen molar-refractivity contribution in [3.05, 3.63) is 170 Å². The van der Waals surface area contributed by atoms with Crippen molar-refractivity contribution in [2.75, 3.05) is 13.7 Å². The molecule has 0 amide bonds. The molecule has 5 aromatic rings. The molecule has 4 aromatic carbocycles. The van der Waals surface area contributed by atoms with Gasteiger partial charge in [-0.2, -0.15) is 4.57 Å². The number of benzene rings is 4. The first-order chi connectivity index (χ1) is 22.3. The molecule has 9 heteroatoms. The molecule has 234 valence electrons. The van der Waals surface area contributed by atoms with Gasteiger partial charge in [0.05, 0.1) is 19.8 Å². The summed E-state index contributed by atoms with van der Waals surface area (Å²) in [6.07, 6.45) is -1.33. The largest absolute Gasteiger partial charge is 0.497 e. The van der Waals surface area contributed by atoms with Crippen LogP contribution in [0.25, 0.3) is 0 Å². The Labute approximate surface area is 265 Å². The summed E-state index contributed by atoms with van der Waals surface area (Å²) in [6.45, 7) is 1.50. The van der Waals surface area contributed by atoms with Crippen LogP contribution < -0.4 is 16.0 Å². The Kier molecular flexibility index (Phi) is 8.81. The maximum Gasteiger partial charge on any atom is 0.340 e. The van der Waals surface area contributed by atoms with Crippen LogP contribution in [0.1, 0.15) is 45.3 Å². The molecular formula is C37H34N2O7. The minimum Gasteiger partial charge on any atom is -0.497 e. The van der Waals surface area contributed by atoms with E-state index in [1.807, 2.05) is 91.0 Å². The van der Waals surface area contributed by atoms with Crippen molar-refractivity contribution in [1.82, 2.24) is 9.13 Å². The van der Waals surface area contributed by atoms with Crippen molar-refractivity contribution in [1.29, 1.82) is 0 Å². The van der Waals surface area contributed by atoms with E-state index in [9.17, 15) is 19.5 Å². The fourth-order valence-corrected chi connectivity index (χ4v) is 5.96. The van der Waals surface area contributed by atoms with Gasteiger partial charge in [0.1, 0.15) is 23.7 Å². The fraction of sp³-hybridized carbons (Fsp3) is 0.216. The van der Waals surface area contributed by atoms with Crippen LogP contribution in [0.3, 0.4) is 0 Å². The molecule has 0 unspecified atom stereocenters. The molecule has 1 fully saturated rings. The second-order valence-electron chi connectivity index (χ2n) is 11.2. The van der Waals surface area contributed by atoms with E-state index in [2.05, 4.69) is 0 Å². The average Bonchev–Trinajstić information content (AvgIpc) is 3.47. The first-order valence-corrected chi connectivity index (χ1v) is 15.0. The molecule has 1 aliphatic rings. The molecule has 1 N–H and O–H groups in total. The standard InChI is InChI=1S/C37H34N2O7/c1-25-23-38(36(43)39(34(25)41)35(42)26-18-20-30(44-2)21-19-26)33-22-31(40)32(46-33)24-45-37(27-12-6-3-7-13-27,28-14-8-4-9-15-28)29-16-10-5-11-17-29/h3-21,23,31-33,40H,22,24H2,1-2H3/t31-,32+,33+/m0/s1. The van der Waals surface area contributed by atoms with Gasteiger partial charge in [-0.1, -0.05) is 91.0 Å². The summed E-state index contributed by atoms with van der Waals surface area (Å²) < 4.78 is 20.0. The molecule has 0 saturated carbocycles. The zero-order valence-electron chi connectivity index (χ0n) is 25.5. The van der Waals surface area contributed by atoms with Crippen molar-refractivity contribution in [2.24, 2.45) is 0 Å². The zero-order chi connectivity index (χ0) is 32.3. The van der Waals surface area contributed by atoms with Crippen molar-refractivity contribution in [3.63, 3.8) is 0 Å². The van der Waals surface area contributed by atoms with Gasteiger partial charge in [-0.25, -0.2) is 4.79 Å². The molecule has 1 aliphatic heterocycles. The molecule has 0 bridgehead atoms. The molecule has 0 aliphatic carbocycles. The maximum absolute atomic E-state index is 13.6. The Morgan fingerprint density at radius 2 is 1.37 bits per heavy atom. The van der Waals surface area contributed by atoms with E-state index in [0.717, 1.165) is 16.7 Å². The predicted octanol–water partition coefficient (Wildman–Crippen LogP) is 4.67. The monoisotopic (exact) mass is 618 g/mol. The van der Waals surface area contributed by atoms with Crippen molar-refractivity contribution < 1.29 is 24.1 Å². The topological polar surface area (TPSA) is 109 Å². The normalized spacial score (nSPS) is 17.9. The molecule has 9 nitrogen and oxygen atoms in total. The van der Waals surface area contributed by atoms with E-state index < -0.39 is 41.2 Å². The van der Waals surface area contributed by atoms with Crippen LogP contribution in [-0.2, 0) is 15.1 Å². The lowest BCUT2D eigenvalue weighted by Gasteiger charge is -2.37. The quantitative estimate of drug-likeness (QED) is 0.239. The van der Waals surface area contributed by atoms with Gasteiger partial charge in [-0.15, -0.1) is 0 Å². The summed E-state index contributed by atoms with van der Waals surface area (Å²) >= 11 is 0. The predicted molar refractivity (Wildman–Crippen MR) is 172 cm³/mol. The second kappa shape index (κ2) is 13.1. The number of ether oxygens (including phenoxy) is 3. The third-order valence-corrected chi connectivity index (χ3v) is 8.34. The fourth-order valence-electron chi connectivity index (χ4n) is 5.96. The summed E-state index contributed by atoms with van der Waals surface area (Å²) in [5.74, 6) is -0.241. The van der Waals surface area contributed by atoms with Crippen LogP contribution in [-0.4, -0.2) is 46.1 Å². The minimum absolute atomic E-state index is 0.0193. The van der Waals surface area contributed by atoms with Crippen molar-refractivity contribution in [3.8, 4) is 5.75 Å². The number of rotatable bonds is 9. The molecule has 0 radical (unpaired) electrons. The molecule has 1 aromatic heterocycles. The molecule has 1 saturated heterocycles. The zero-order valence-corrected chi connectivity index (χ0v) is 25.5. The van der Waals surface area contributed by atoms with E-state index in [4.69, 9.17) is 14.2 Å². The Bertz CT molecular complexity index is 1820. The molecule has 6 rings (SSSR count). The Morgan fingerprint density at radius 1 is 0.848 bits per heavy atom. The number of aryl methyl sites for hydroxylation is 1. The van der Waals surface area contributed by atoms with Crippen molar-refractivity contribution >= 4 is 5.91 Å². The summed E-state index contributed by atoms with van der Waals surface area (Å²) in [6, 6.07) is 35.7. The van der Waals surface area contributed by atoms with Crippen LogP contribution >= 0.6 is 0 Å². The summed E-state index contributed by atoms with van der Waals surface area (Å²) in [5, 5.41) is 11.2. The highest BCUT2D eigenvalue weighted by Gasteiger charge is 2.42. The summed E-state index contributed by atoms with van der Waals surface area (Å²) in [7, 11) is 1.50. The van der Waals surface area contributed by atoms with Crippen LogP contribution in [0.5, 0.6) is 5.75 Å². The number of nitrogens with zero attached hydrogens (tertiary/aromatic N) is 2. The SMILES string of the molecule is COc1ccc(C(=O)n2c(=O)c(C)cn([C@H]3C[C@H](O)[C@@H](COC(c4ccccc4)(c4ccccc4)c4ccccc4)O3)c2=O)cc1. The van der Waals surface area contributed by atoms with E-state index in [1.54, 1.807) is 12.1 Å². The number of hydrogen-bond acceptors (Lipinski definition) is 7. The maximum atomic E-state index is 13.6. The molecular weight excluding hydrogens is 584 g/mol. The van der Waals surface area contributed by atoms with Crippen LogP contribution in [0.4, 0.5) is 0 Å². The second-order valence-corrected chi connectivity index (χ2v) is 11.2. The highest BCUT2D eigenvalue weighted by molar-refractivity contribution is 5.95. The van der Waals surface area contributed by atoms with E-state index in [-0.39, 0.29) is 24.2 Å². The number of aliphatic hydroxyl groups is 1. The van der Waals surface area contributed by atoms with Crippen molar-refractivity contribution in [2.45, 2.75) is 37.4 Å². The third kappa shape index (κ3) is 5.72. The lowest BCUT2D eigenvalue weighted by atomic mass is 9.80. The highest BCUT2D eigenvalue weighted by atomic mass is 16.6. The van der Waals surface area contributed by atoms with Gasteiger partial charge < -0.3 is 19.3 Å². The molecule has 0 spiro atoms. The van der Waals surface area contributed by atoms with Gasteiger partial charge in [0.25, 0.3) is 11.5 Å². The van der Waals surface area contributed by atoms with Gasteiger partial charge in [-0.05, 0) is 47.9 Å². The minimum atomic E-state index is -1.03. The van der Waals surface area contributed by atoms with Crippen LogP contribution in [0.15, 0.2) is 131 Å². The van der Waals surface area contributed by atoms with Crippen LogP contribution in [0.2, 0.25) is 0 Å². The Morgan fingerprint density at radius 3 is 1.87 bits per heavy atom. The van der Waals surface area contributed by atoms with Gasteiger partial charge in [0.15, 0.2) is 0 Å². The number of methoxy groups -OCH3 is 1. The smallest absolute Gasteiger partial charge is 0.340 e. The molecule has 46 heavy (non-hydrogen) atoms.